The molecule has 7 nitrogen and oxygen atoms in total. The van der Waals surface area contributed by atoms with Gasteiger partial charge in [-0.1, -0.05) is 6.07 Å². The third-order valence-corrected chi connectivity index (χ3v) is 4.19. The quantitative estimate of drug-likeness (QED) is 0.829. The third kappa shape index (κ3) is 5.11. The van der Waals surface area contributed by atoms with Crippen LogP contribution in [0.15, 0.2) is 36.8 Å². The molecule has 3 rings (SSSR count). The van der Waals surface area contributed by atoms with Crippen LogP contribution in [-0.2, 0) is 20.8 Å². The van der Waals surface area contributed by atoms with E-state index >= 15 is 0 Å². The Morgan fingerprint density at radius 2 is 2.40 bits per heavy atom. The SMILES string of the molecule is C[C@@H](OC[C@@H]1CCCCO1)C(=O)NCc1ccc(-n2cccn2)nc1. The van der Waals surface area contributed by atoms with Crippen LogP contribution in [0.5, 0.6) is 0 Å². The number of nitrogens with one attached hydrogen (secondary N) is 1. The zero-order chi connectivity index (χ0) is 17.5. The van der Waals surface area contributed by atoms with E-state index in [4.69, 9.17) is 9.47 Å². The summed E-state index contributed by atoms with van der Waals surface area (Å²) in [4.78, 5) is 16.5. The summed E-state index contributed by atoms with van der Waals surface area (Å²) >= 11 is 0. The smallest absolute Gasteiger partial charge is 0.249 e. The summed E-state index contributed by atoms with van der Waals surface area (Å²) in [5.41, 5.74) is 0.923. The van der Waals surface area contributed by atoms with Crippen molar-refractivity contribution in [2.75, 3.05) is 13.2 Å². The molecule has 1 aliphatic heterocycles. The minimum atomic E-state index is -0.498. The molecule has 2 aromatic heterocycles. The van der Waals surface area contributed by atoms with Crippen molar-refractivity contribution < 1.29 is 14.3 Å². The molecule has 0 saturated carbocycles. The topological polar surface area (TPSA) is 78.3 Å². The van der Waals surface area contributed by atoms with Crippen LogP contribution in [0, 0.1) is 0 Å². The van der Waals surface area contributed by atoms with Crippen molar-refractivity contribution in [3.63, 3.8) is 0 Å². The van der Waals surface area contributed by atoms with Gasteiger partial charge in [-0.05, 0) is 43.9 Å². The minimum Gasteiger partial charge on any atom is -0.376 e. The first-order chi connectivity index (χ1) is 12.2. The van der Waals surface area contributed by atoms with Gasteiger partial charge < -0.3 is 14.8 Å². The first-order valence-electron chi connectivity index (χ1n) is 8.68. The maximum atomic E-state index is 12.1. The lowest BCUT2D eigenvalue weighted by Crippen LogP contribution is -2.36. The second-order valence-electron chi connectivity index (χ2n) is 6.16. The molecule has 0 unspecified atom stereocenters. The van der Waals surface area contributed by atoms with Crippen LogP contribution in [0.2, 0.25) is 0 Å². The van der Waals surface area contributed by atoms with Crippen LogP contribution >= 0.6 is 0 Å². The molecule has 0 radical (unpaired) electrons. The van der Waals surface area contributed by atoms with E-state index in [1.54, 1.807) is 24.0 Å². The lowest BCUT2D eigenvalue weighted by Gasteiger charge is -2.23. The number of hydrogen-bond donors (Lipinski definition) is 1. The predicted octanol–water partition coefficient (Wildman–Crippen LogP) is 1.86. The van der Waals surface area contributed by atoms with E-state index in [0.29, 0.717) is 13.2 Å². The molecule has 2 aromatic rings. The van der Waals surface area contributed by atoms with Gasteiger partial charge in [-0.3, -0.25) is 4.79 Å². The molecule has 1 N–H and O–H groups in total. The number of rotatable bonds is 7. The van der Waals surface area contributed by atoms with Gasteiger partial charge in [-0.25, -0.2) is 9.67 Å². The van der Waals surface area contributed by atoms with E-state index < -0.39 is 6.10 Å². The molecular formula is C18H24N4O3. The zero-order valence-electron chi connectivity index (χ0n) is 14.4. The molecule has 3 heterocycles. The number of carbonyl (C=O) groups excluding carboxylic acids is 1. The van der Waals surface area contributed by atoms with Gasteiger partial charge in [-0.15, -0.1) is 0 Å². The summed E-state index contributed by atoms with van der Waals surface area (Å²) in [6.45, 7) is 3.43. The average molecular weight is 344 g/mol. The summed E-state index contributed by atoms with van der Waals surface area (Å²) in [7, 11) is 0. The molecule has 1 fully saturated rings. The molecule has 25 heavy (non-hydrogen) atoms. The molecule has 134 valence electrons. The van der Waals surface area contributed by atoms with Crippen molar-refractivity contribution in [2.45, 2.75) is 44.9 Å². The second kappa shape index (κ2) is 8.73. The Balaban J connectivity index is 1.41. The Hall–Kier alpha value is -2.25. The van der Waals surface area contributed by atoms with Crippen LogP contribution in [0.25, 0.3) is 5.82 Å². The van der Waals surface area contributed by atoms with Crippen molar-refractivity contribution in [1.29, 1.82) is 0 Å². The molecule has 1 saturated heterocycles. The Labute approximate surface area is 147 Å². The molecular weight excluding hydrogens is 320 g/mol. The van der Waals surface area contributed by atoms with Crippen molar-refractivity contribution in [2.24, 2.45) is 0 Å². The van der Waals surface area contributed by atoms with E-state index in [2.05, 4.69) is 15.4 Å². The molecule has 1 amide bonds. The Morgan fingerprint density at radius 1 is 1.48 bits per heavy atom. The number of ether oxygens (including phenoxy) is 2. The monoisotopic (exact) mass is 344 g/mol. The van der Waals surface area contributed by atoms with Gasteiger partial charge in [-0.2, -0.15) is 5.10 Å². The fourth-order valence-corrected chi connectivity index (χ4v) is 2.66. The van der Waals surface area contributed by atoms with Crippen molar-refractivity contribution in [3.8, 4) is 5.82 Å². The maximum Gasteiger partial charge on any atom is 0.249 e. The van der Waals surface area contributed by atoms with E-state index in [1.807, 2.05) is 24.4 Å². The largest absolute Gasteiger partial charge is 0.376 e. The Bertz CT molecular complexity index is 651. The number of nitrogens with zero attached hydrogens (tertiary/aromatic N) is 3. The highest BCUT2D eigenvalue weighted by Crippen LogP contribution is 2.13. The Kier molecular flexibility index (Phi) is 6.14. The van der Waals surface area contributed by atoms with E-state index in [9.17, 15) is 4.79 Å². The molecule has 0 bridgehead atoms. The molecule has 0 spiro atoms. The van der Waals surface area contributed by atoms with Crippen molar-refractivity contribution in [3.05, 3.63) is 42.4 Å². The summed E-state index contributed by atoms with van der Waals surface area (Å²) in [5.74, 6) is 0.608. The maximum absolute atomic E-state index is 12.1. The fraction of sp³-hybridized carbons (Fsp3) is 0.500. The summed E-state index contributed by atoms with van der Waals surface area (Å²) in [6, 6.07) is 5.64. The second-order valence-corrected chi connectivity index (χ2v) is 6.16. The van der Waals surface area contributed by atoms with E-state index in [1.165, 1.54) is 0 Å². The van der Waals surface area contributed by atoms with Crippen LogP contribution in [0.1, 0.15) is 31.7 Å². The fourth-order valence-electron chi connectivity index (χ4n) is 2.66. The number of aromatic nitrogens is 3. The van der Waals surface area contributed by atoms with Gasteiger partial charge in [0.2, 0.25) is 5.91 Å². The van der Waals surface area contributed by atoms with Crippen molar-refractivity contribution >= 4 is 5.91 Å². The molecule has 1 aliphatic rings. The summed E-state index contributed by atoms with van der Waals surface area (Å²) in [5, 5.41) is 7.00. The van der Waals surface area contributed by atoms with Gasteiger partial charge in [0.1, 0.15) is 6.10 Å². The van der Waals surface area contributed by atoms with E-state index in [-0.39, 0.29) is 12.0 Å². The van der Waals surface area contributed by atoms with Gasteiger partial charge in [0.05, 0.1) is 12.7 Å². The van der Waals surface area contributed by atoms with Gasteiger partial charge in [0.25, 0.3) is 0 Å². The highest BCUT2D eigenvalue weighted by Gasteiger charge is 2.18. The van der Waals surface area contributed by atoms with Gasteiger partial charge >= 0.3 is 0 Å². The molecule has 7 heteroatoms. The minimum absolute atomic E-state index is 0.114. The van der Waals surface area contributed by atoms with Crippen LogP contribution in [0.4, 0.5) is 0 Å². The lowest BCUT2D eigenvalue weighted by atomic mass is 10.1. The highest BCUT2D eigenvalue weighted by molar-refractivity contribution is 5.80. The normalized spacial score (nSPS) is 18.7. The summed E-state index contributed by atoms with van der Waals surface area (Å²) in [6.07, 6.45) is 8.16. The van der Waals surface area contributed by atoms with Gasteiger partial charge in [0, 0.05) is 31.7 Å². The van der Waals surface area contributed by atoms with Gasteiger partial charge in [0.15, 0.2) is 5.82 Å². The molecule has 0 aliphatic carbocycles. The average Bonchev–Trinajstić information content (AvgIpc) is 3.20. The first kappa shape index (κ1) is 17.6. The predicted molar refractivity (Wildman–Crippen MR) is 92.2 cm³/mol. The number of hydrogen-bond acceptors (Lipinski definition) is 5. The first-order valence-corrected chi connectivity index (χ1v) is 8.68. The van der Waals surface area contributed by atoms with Crippen LogP contribution in [-0.4, -0.2) is 46.1 Å². The van der Waals surface area contributed by atoms with Crippen LogP contribution in [0.3, 0.4) is 0 Å². The molecule has 0 aromatic carbocycles. The lowest BCUT2D eigenvalue weighted by molar-refractivity contribution is -0.135. The highest BCUT2D eigenvalue weighted by atomic mass is 16.5. The number of amides is 1. The summed E-state index contributed by atoms with van der Waals surface area (Å²) < 4.78 is 12.9. The molecule has 2 atom stereocenters. The van der Waals surface area contributed by atoms with Crippen molar-refractivity contribution in [1.82, 2.24) is 20.1 Å². The zero-order valence-corrected chi connectivity index (χ0v) is 14.4. The number of pyridine rings is 1. The number of carbonyl (C=O) groups is 1. The Morgan fingerprint density at radius 3 is 3.08 bits per heavy atom. The standard InChI is InChI=1S/C18H24N4O3/c1-14(25-13-16-5-2-3-10-24-16)18(23)20-12-15-6-7-17(19-11-15)22-9-4-8-21-22/h4,6-9,11,14,16H,2-3,5,10,12-13H2,1H3,(H,20,23)/t14-,16+/m1/s1. The van der Waals surface area contributed by atoms with Crippen LogP contribution < -0.4 is 5.32 Å². The van der Waals surface area contributed by atoms with E-state index in [0.717, 1.165) is 37.3 Å². The third-order valence-electron chi connectivity index (χ3n) is 4.19.